The fourth-order valence-electron chi connectivity index (χ4n) is 10.1. The van der Waals surface area contributed by atoms with Crippen LogP contribution < -0.4 is 0 Å². The summed E-state index contributed by atoms with van der Waals surface area (Å²) in [5.41, 5.74) is 1.52. The highest BCUT2D eigenvalue weighted by Gasteiger charge is 2.69. The molecule has 0 spiro atoms. The number of aliphatic hydroxyl groups is 1. The van der Waals surface area contributed by atoms with Gasteiger partial charge in [0.15, 0.2) is 0 Å². The van der Waals surface area contributed by atoms with Gasteiger partial charge in [-0.05, 0) is 118 Å². The van der Waals surface area contributed by atoms with Crippen LogP contribution >= 0.6 is 0 Å². The maximum absolute atomic E-state index is 12.8. The van der Waals surface area contributed by atoms with Crippen LogP contribution in [-0.4, -0.2) is 16.5 Å². The van der Waals surface area contributed by atoms with E-state index in [0.717, 1.165) is 25.7 Å². The second kappa shape index (κ2) is 7.69. The maximum atomic E-state index is 12.8. The fraction of sp³-hybridized carbons (Fsp3) is 0.900. The molecule has 4 rings (SSSR count). The monoisotopic (exact) mass is 442 g/mol. The first-order valence-electron chi connectivity index (χ1n) is 13.6. The Morgan fingerprint density at radius 2 is 1.62 bits per heavy atom. The van der Waals surface area contributed by atoms with Crippen molar-refractivity contribution in [1.82, 2.24) is 0 Å². The van der Waals surface area contributed by atoms with Gasteiger partial charge in [-0.1, -0.05) is 46.3 Å². The Kier molecular flexibility index (Phi) is 5.89. The molecule has 32 heavy (non-hydrogen) atoms. The van der Waals surface area contributed by atoms with E-state index >= 15 is 0 Å². The standard InChI is InChI=1S/C30H50O2/c1-20(2)10-9-16-30(8,32)22-13-18-28(6)21(22)11-12-24-27(5)17-15-25(31)26(3,4)23(27)14-19-29(24,28)7/h10,21-24,32H,9,11-19H2,1-8H3/t21-,22+,23+,24-,27+,28+,29-,30+/m1/s1. The minimum Gasteiger partial charge on any atom is -0.390 e. The molecule has 0 radical (unpaired) electrons. The summed E-state index contributed by atoms with van der Waals surface area (Å²) >= 11 is 0. The summed E-state index contributed by atoms with van der Waals surface area (Å²) in [7, 11) is 0. The molecule has 8 atom stereocenters. The Morgan fingerprint density at radius 1 is 0.969 bits per heavy atom. The predicted molar refractivity (Wildman–Crippen MR) is 133 cm³/mol. The first-order chi connectivity index (χ1) is 14.7. The third-order valence-corrected chi connectivity index (χ3v) is 12.1. The summed E-state index contributed by atoms with van der Waals surface area (Å²) in [5, 5.41) is 11.6. The number of hydrogen-bond donors (Lipinski definition) is 1. The smallest absolute Gasteiger partial charge is 0.138 e. The van der Waals surface area contributed by atoms with Crippen molar-refractivity contribution >= 4 is 5.78 Å². The number of Topliss-reactive ketones (excluding diaryl/α,β-unsaturated/α-hetero) is 1. The molecule has 0 aliphatic heterocycles. The maximum Gasteiger partial charge on any atom is 0.138 e. The molecule has 0 aromatic carbocycles. The fourth-order valence-corrected chi connectivity index (χ4v) is 10.1. The van der Waals surface area contributed by atoms with E-state index in [0.29, 0.717) is 40.3 Å². The lowest BCUT2D eigenvalue weighted by molar-refractivity contribution is -0.207. The number of carbonyl (C=O) groups excluding carboxylic acids is 1. The van der Waals surface area contributed by atoms with Gasteiger partial charge in [-0.25, -0.2) is 0 Å². The molecule has 4 saturated carbocycles. The van der Waals surface area contributed by atoms with Crippen LogP contribution in [0.3, 0.4) is 0 Å². The first-order valence-corrected chi connectivity index (χ1v) is 13.6. The number of hydrogen-bond acceptors (Lipinski definition) is 2. The van der Waals surface area contributed by atoms with Gasteiger partial charge in [0.2, 0.25) is 0 Å². The van der Waals surface area contributed by atoms with Crippen LogP contribution in [0.5, 0.6) is 0 Å². The predicted octanol–water partition coefficient (Wildman–Crippen LogP) is 7.74. The van der Waals surface area contributed by atoms with Gasteiger partial charge in [0.25, 0.3) is 0 Å². The van der Waals surface area contributed by atoms with Crippen molar-refractivity contribution in [1.29, 1.82) is 0 Å². The highest BCUT2D eigenvalue weighted by atomic mass is 16.3. The van der Waals surface area contributed by atoms with E-state index in [1.54, 1.807) is 0 Å². The summed E-state index contributed by atoms with van der Waals surface area (Å²) in [6.07, 6.45) is 13.5. The highest BCUT2D eigenvalue weighted by Crippen LogP contribution is 2.75. The number of ketones is 1. The Balaban J connectivity index is 1.62. The molecule has 0 unspecified atom stereocenters. The van der Waals surface area contributed by atoms with Crippen LogP contribution in [0.4, 0.5) is 0 Å². The van der Waals surface area contributed by atoms with Crippen LogP contribution in [0.15, 0.2) is 11.6 Å². The quantitative estimate of drug-likeness (QED) is 0.452. The van der Waals surface area contributed by atoms with Gasteiger partial charge in [-0.15, -0.1) is 0 Å². The molecule has 2 heteroatoms. The Hall–Kier alpha value is -0.630. The molecule has 0 amide bonds. The summed E-state index contributed by atoms with van der Waals surface area (Å²) in [6, 6.07) is 0. The molecule has 0 saturated heterocycles. The van der Waals surface area contributed by atoms with Gasteiger partial charge in [0.05, 0.1) is 5.60 Å². The molecular formula is C30H50O2. The third kappa shape index (κ3) is 3.32. The molecule has 4 aliphatic rings. The molecule has 2 nitrogen and oxygen atoms in total. The average molecular weight is 443 g/mol. The van der Waals surface area contributed by atoms with Crippen molar-refractivity contribution in [2.75, 3.05) is 0 Å². The van der Waals surface area contributed by atoms with Gasteiger partial charge in [0, 0.05) is 11.8 Å². The molecule has 4 fully saturated rings. The molecule has 0 bridgehead atoms. The lowest BCUT2D eigenvalue weighted by Crippen LogP contribution is -2.63. The largest absolute Gasteiger partial charge is 0.390 e. The lowest BCUT2D eigenvalue weighted by atomic mass is 9.35. The van der Waals surface area contributed by atoms with Crippen molar-refractivity contribution in [3.8, 4) is 0 Å². The Bertz CT molecular complexity index is 787. The Morgan fingerprint density at radius 3 is 2.28 bits per heavy atom. The second-order valence-electron chi connectivity index (χ2n) is 14.1. The van der Waals surface area contributed by atoms with E-state index in [1.807, 2.05) is 0 Å². The van der Waals surface area contributed by atoms with Crippen LogP contribution in [0.25, 0.3) is 0 Å². The van der Waals surface area contributed by atoms with Crippen molar-refractivity contribution in [2.24, 2.45) is 45.3 Å². The summed E-state index contributed by atoms with van der Waals surface area (Å²) < 4.78 is 0. The van der Waals surface area contributed by atoms with Gasteiger partial charge in [0.1, 0.15) is 5.78 Å². The minimum atomic E-state index is -0.572. The zero-order valence-corrected chi connectivity index (χ0v) is 22.3. The zero-order chi connectivity index (χ0) is 23.7. The second-order valence-corrected chi connectivity index (χ2v) is 14.1. The number of carbonyl (C=O) groups is 1. The summed E-state index contributed by atoms with van der Waals surface area (Å²) in [5.74, 6) is 2.78. The highest BCUT2D eigenvalue weighted by molar-refractivity contribution is 5.85. The normalized spacial score (nSPS) is 47.1. The van der Waals surface area contributed by atoms with E-state index in [2.05, 4.69) is 61.5 Å². The molecular weight excluding hydrogens is 392 g/mol. The van der Waals surface area contributed by atoms with Crippen molar-refractivity contribution in [2.45, 2.75) is 125 Å². The van der Waals surface area contributed by atoms with Crippen LogP contribution in [0.2, 0.25) is 0 Å². The molecule has 182 valence electrons. The zero-order valence-electron chi connectivity index (χ0n) is 22.3. The topological polar surface area (TPSA) is 37.3 Å². The van der Waals surface area contributed by atoms with E-state index in [9.17, 15) is 9.90 Å². The first kappa shape index (κ1) is 24.5. The number of allylic oxidation sites excluding steroid dienone is 2. The molecule has 0 heterocycles. The molecule has 1 N–H and O–H groups in total. The summed E-state index contributed by atoms with van der Waals surface area (Å²) in [4.78, 5) is 12.8. The number of rotatable bonds is 4. The van der Waals surface area contributed by atoms with Crippen LogP contribution in [0, 0.1) is 45.3 Å². The van der Waals surface area contributed by atoms with Gasteiger partial charge in [-0.2, -0.15) is 0 Å². The van der Waals surface area contributed by atoms with Crippen molar-refractivity contribution < 1.29 is 9.90 Å². The van der Waals surface area contributed by atoms with E-state index in [4.69, 9.17) is 0 Å². The van der Waals surface area contributed by atoms with Crippen LogP contribution in [0.1, 0.15) is 120 Å². The molecule has 0 aromatic rings. The average Bonchev–Trinajstić information content (AvgIpc) is 3.04. The van der Waals surface area contributed by atoms with E-state index in [-0.39, 0.29) is 10.8 Å². The van der Waals surface area contributed by atoms with Crippen molar-refractivity contribution in [3.63, 3.8) is 0 Å². The SMILES string of the molecule is CC(C)=CCC[C@](C)(O)[C@H]1CC[C@@]2(C)[C@@H]1CC[C@@H]1[C@@]3(C)CCC(=O)C(C)(C)[C@@H]3CC[C@]12C. The van der Waals surface area contributed by atoms with Crippen LogP contribution in [-0.2, 0) is 4.79 Å². The molecule has 0 aromatic heterocycles. The number of fused-ring (bicyclic) bond motifs is 5. The van der Waals surface area contributed by atoms with Gasteiger partial charge in [-0.3, -0.25) is 4.79 Å². The third-order valence-electron chi connectivity index (χ3n) is 12.1. The minimum absolute atomic E-state index is 0.168. The lowest BCUT2D eigenvalue weighted by Gasteiger charge is -2.69. The van der Waals surface area contributed by atoms with E-state index < -0.39 is 5.60 Å². The van der Waals surface area contributed by atoms with Crippen molar-refractivity contribution in [3.05, 3.63) is 11.6 Å². The molecule has 4 aliphatic carbocycles. The summed E-state index contributed by atoms with van der Waals surface area (Å²) in [6.45, 7) is 18.7. The van der Waals surface area contributed by atoms with Gasteiger partial charge >= 0.3 is 0 Å². The van der Waals surface area contributed by atoms with E-state index in [1.165, 1.54) is 44.1 Å². The van der Waals surface area contributed by atoms with Gasteiger partial charge < -0.3 is 5.11 Å². The Labute approximate surface area is 198 Å².